The van der Waals surface area contributed by atoms with Gasteiger partial charge in [-0.15, -0.1) is 0 Å². The fourth-order valence-electron chi connectivity index (χ4n) is 2.38. The zero-order chi connectivity index (χ0) is 17.0. The zero-order valence-corrected chi connectivity index (χ0v) is 14.6. The van der Waals surface area contributed by atoms with Gasteiger partial charge >= 0.3 is 0 Å². The molecule has 0 aromatic heterocycles. The molecular formula is C18H21ClFN3. The first-order valence-corrected chi connectivity index (χ1v) is 7.86. The monoisotopic (exact) mass is 333 g/mol. The summed E-state index contributed by atoms with van der Waals surface area (Å²) in [6.45, 7) is 4.41. The van der Waals surface area contributed by atoms with Gasteiger partial charge in [0.1, 0.15) is 5.82 Å². The number of benzene rings is 2. The Morgan fingerprint density at radius 3 is 2.43 bits per heavy atom. The molecule has 0 N–H and O–H groups in total. The standard InChI is InChI=1S/C18H21ClFN3/c1-5-23(18-9-7-6-8-16(18)20)21-13(2)15-12-14(19)10-11-17(15)22(3)4/h6-12H,5H2,1-4H3/b21-13-. The number of halogens is 2. The highest BCUT2D eigenvalue weighted by molar-refractivity contribution is 6.31. The van der Waals surface area contributed by atoms with Crippen molar-refractivity contribution < 1.29 is 4.39 Å². The molecule has 2 aromatic carbocycles. The molecular weight excluding hydrogens is 313 g/mol. The first-order chi connectivity index (χ1) is 10.9. The fraction of sp³-hybridized carbons (Fsp3) is 0.278. The Kier molecular flexibility index (Phi) is 5.61. The van der Waals surface area contributed by atoms with E-state index in [0.29, 0.717) is 17.3 Å². The van der Waals surface area contributed by atoms with Crippen LogP contribution in [-0.2, 0) is 0 Å². The minimum Gasteiger partial charge on any atom is -0.377 e. The molecule has 23 heavy (non-hydrogen) atoms. The Morgan fingerprint density at radius 2 is 1.83 bits per heavy atom. The molecule has 0 aliphatic carbocycles. The highest BCUT2D eigenvalue weighted by Crippen LogP contribution is 2.25. The zero-order valence-electron chi connectivity index (χ0n) is 13.8. The molecule has 0 radical (unpaired) electrons. The average molecular weight is 334 g/mol. The summed E-state index contributed by atoms with van der Waals surface area (Å²) in [5.41, 5.74) is 3.18. The van der Waals surface area contributed by atoms with Crippen molar-refractivity contribution in [1.82, 2.24) is 0 Å². The summed E-state index contributed by atoms with van der Waals surface area (Å²) < 4.78 is 14.0. The molecule has 0 atom stereocenters. The van der Waals surface area contributed by atoms with Crippen LogP contribution in [0.4, 0.5) is 15.8 Å². The van der Waals surface area contributed by atoms with Crippen LogP contribution in [0.5, 0.6) is 0 Å². The van der Waals surface area contributed by atoms with E-state index in [1.165, 1.54) is 6.07 Å². The summed E-state index contributed by atoms with van der Waals surface area (Å²) in [6.07, 6.45) is 0. The Bertz CT molecular complexity index is 713. The molecule has 0 fully saturated rings. The van der Waals surface area contributed by atoms with Crippen LogP contribution in [0.3, 0.4) is 0 Å². The number of rotatable bonds is 5. The van der Waals surface area contributed by atoms with E-state index >= 15 is 0 Å². The van der Waals surface area contributed by atoms with Gasteiger partial charge < -0.3 is 4.90 Å². The van der Waals surface area contributed by atoms with Crippen LogP contribution in [0.25, 0.3) is 0 Å². The molecule has 2 rings (SSSR count). The van der Waals surface area contributed by atoms with Crippen molar-refractivity contribution in [3.63, 3.8) is 0 Å². The molecule has 3 nitrogen and oxygen atoms in total. The van der Waals surface area contributed by atoms with Crippen molar-refractivity contribution in [1.29, 1.82) is 0 Å². The van der Waals surface area contributed by atoms with E-state index < -0.39 is 0 Å². The lowest BCUT2D eigenvalue weighted by molar-refractivity contribution is 0.620. The lowest BCUT2D eigenvalue weighted by atomic mass is 10.1. The molecule has 0 spiro atoms. The molecule has 0 heterocycles. The van der Waals surface area contributed by atoms with E-state index in [4.69, 9.17) is 11.6 Å². The minimum absolute atomic E-state index is 0.287. The summed E-state index contributed by atoms with van der Waals surface area (Å²) in [5.74, 6) is -0.287. The number of para-hydroxylation sites is 1. The maximum absolute atomic E-state index is 14.0. The van der Waals surface area contributed by atoms with Crippen LogP contribution in [0, 0.1) is 5.82 Å². The van der Waals surface area contributed by atoms with Gasteiger partial charge in [-0.1, -0.05) is 23.7 Å². The molecule has 5 heteroatoms. The normalized spacial score (nSPS) is 11.5. The van der Waals surface area contributed by atoms with E-state index in [2.05, 4.69) is 5.10 Å². The SMILES string of the molecule is CCN(/N=C(/C)c1cc(Cl)ccc1N(C)C)c1ccccc1F. The van der Waals surface area contributed by atoms with Crippen LogP contribution in [0.2, 0.25) is 5.02 Å². The molecule has 122 valence electrons. The van der Waals surface area contributed by atoms with Gasteiger partial charge in [0.05, 0.1) is 11.4 Å². The maximum Gasteiger partial charge on any atom is 0.148 e. The predicted octanol–water partition coefficient (Wildman–Crippen LogP) is 4.80. The smallest absolute Gasteiger partial charge is 0.148 e. The van der Waals surface area contributed by atoms with E-state index in [1.54, 1.807) is 23.2 Å². The Labute approximate surface area is 142 Å². The summed E-state index contributed by atoms with van der Waals surface area (Å²) in [5, 5.41) is 6.91. The predicted molar refractivity (Wildman–Crippen MR) is 97.4 cm³/mol. The second-order valence-corrected chi connectivity index (χ2v) is 5.84. The third-order valence-electron chi connectivity index (χ3n) is 3.53. The van der Waals surface area contributed by atoms with Crippen LogP contribution < -0.4 is 9.91 Å². The third-order valence-corrected chi connectivity index (χ3v) is 3.77. The van der Waals surface area contributed by atoms with Crippen molar-refractivity contribution in [2.45, 2.75) is 13.8 Å². The summed E-state index contributed by atoms with van der Waals surface area (Å²) >= 11 is 6.13. The largest absolute Gasteiger partial charge is 0.377 e. The van der Waals surface area contributed by atoms with Crippen molar-refractivity contribution in [2.75, 3.05) is 30.5 Å². The van der Waals surface area contributed by atoms with Crippen LogP contribution in [-0.4, -0.2) is 26.4 Å². The van der Waals surface area contributed by atoms with Crippen LogP contribution in [0.15, 0.2) is 47.6 Å². The molecule has 0 saturated carbocycles. The van der Waals surface area contributed by atoms with Gasteiger partial charge in [0.25, 0.3) is 0 Å². The third kappa shape index (κ3) is 4.02. The summed E-state index contributed by atoms with van der Waals surface area (Å²) in [7, 11) is 3.93. The van der Waals surface area contributed by atoms with E-state index in [-0.39, 0.29) is 5.82 Å². The fourth-order valence-corrected chi connectivity index (χ4v) is 2.55. The van der Waals surface area contributed by atoms with Crippen LogP contribution >= 0.6 is 11.6 Å². The van der Waals surface area contributed by atoms with Gasteiger partial charge in [0.15, 0.2) is 0 Å². The molecule has 0 unspecified atom stereocenters. The van der Waals surface area contributed by atoms with Gasteiger partial charge in [-0.2, -0.15) is 5.10 Å². The minimum atomic E-state index is -0.287. The Morgan fingerprint density at radius 1 is 1.13 bits per heavy atom. The molecule has 2 aromatic rings. The maximum atomic E-state index is 14.0. The number of hydrogen-bond donors (Lipinski definition) is 0. The average Bonchev–Trinajstić information content (AvgIpc) is 2.52. The summed E-state index contributed by atoms with van der Waals surface area (Å²) in [6, 6.07) is 12.3. The highest BCUT2D eigenvalue weighted by Gasteiger charge is 2.12. The van der Waals surface area contributed by atoms with E-state index in [0.717, 1.165) is 17.0 Å². The molecule has 0 bridgehead atoms. The van der Waals surface area contributed by atoms with Gasteiger partial charge in [-0.3, -0.25) is 5.01 Å². The van der Waals surface area contributed by atoms with E-state index in [1.807, 2.05) is 51.0 Å². The first kappa shape index (κ1) is 17.3. The quantitative estimate of drug-likeness (QED) is 0.578. The lowest BCUT2D eigenvalue weighted by Crippen LogP contribution is -2.20. The van der Waals surface area contributed by atoms with E-state index in [9.17, 15) is 4.39 Å². The second kappa shape index (κ2) is 7.47. The number of nitrogens with zero attached hydrogens (tertiary/aromatic N) is 3. The van der Waals surface area contributed by atoms with Crippen molar-refractivity contribution in [3.8, 4) is 0 Å². The molecule has 0 aliphatic heterocycles. The number of anilines is 2. The van der Waals surface area contributed by atoms with Gasteiger partial charge in [-0.05, 0) is 44.2 Å². The molecule has 0 aliphatic rings. The number of hydrazone groups is 1. The lowest BCUT2D eigenvalue weighted by Gasteiger charge is -2.21. The van der Waals surface area contributed by atoms with Crippen molar-refractivity contribution >= 4 is 28.7 Å². The van der Waals surface area contributed by atoms with Gasteiger partial charge in [0, 0.05) is 36.9 Å². The Balaban J connectivity index is 2.46. The van der Waals surface area contributed by atoms with Gasteiger partial charge in [0.2, 0.25) is 0 Å². The van der Waals surface area contributed by atoms with Gasteiger partial charge in [-0.25, -0.2) is 4.39 Å². The highest BCUT2D eigenvalue weighted by atomic mass is 35.5. The topological polar surface area (TPSA) is 18.8 Å². The second-order valence-electron chi connectivity index (χ2n) is 5.41. The van der Waals surface area contributed by atoms with Crippen molar-refractivity contribution in [2.24, 2.45) is 5.10 Å². The Hall–Kier alpha value is -2.07. The first-order valence-electron chi connectivity index (χ1n) is 7.48. The van der Waals surface area contributed by atoms with Crippen LogP contribution in [0.1, 0.15) is 19.4 Å². The number of hydrogen-bond acceptors (Lipinski definition) is 3. The van der Waals surface area contributed by atoms with Crippen molar-refractivity contribution in [3.05, 3.63) is 58.9 Å². The summed E-state index contributed by atoms with van der Waals surface area (Å²) in [4.78, 5) is 2.00. The molecule has 0 saturated heterocycles. The molecule has 0 amide bonds.